The monoisotopic (exact) mass is 280 g/mol. The van der Waals surface area contributed by atoms with Crippen LogP contribution in [0.4, 0.5) is 0 Å². The fourth-order valence-corrected chi connectivity index (χ4v) is 2.67. The van der Waals surface area contributed by atoms with Crippen LogP contribution in [0.1, 0.15) is 41.0 Å². The highest BCUT2D eigenvalue weighted by Gasteiger charge is 2.26. The molecular formula is C11H24N2O4S. The van der Waals surface area contributed by atoms with Crippen LogP contribution in [0, 0.1) is 11.3 Å². The average molecular weight is 280 g/mol. The van der Waals surface area contributed by atoms with Crippen LogP contribution in [0.5, 0.6) is 0 Å². The highest BCUT2D eigenvalue weighted by atomic mass is 32.2. The van der Waals surface area contributed by atoms with Gasteiger partial charge in [0.15, 0.2) is 0 Å². The normalized spacial score (nSPS) is 14.8. The molecule has 0 saturated carbocycles. The lowest BCUT2D eigenvalue weighted by atomic mass is 9.85. The summed E-state index contributed by atoms with van der Waals surface area (Å²) in [6.45, 7) is 9.05. The zero-order chi connectivity index (χ0) is 14.6. The lowest BCUT2D eigenvalue weighted by Crippen LogP contribution is -2.43. The maximum Gasteiger partial charge on any atom is 0.307 e. The summed E-state index contributed by atoms with van der Waals surface area (Å²) in [4.78, 5) is 11.1. The second kappa shape index (κ2) is 6.49. The molecule has 0 rings (SSSR count). The number of aliphatic carboxylic acids is 1. The van der Waals surface area contributed by atoms with Gasteiger partial charge in [-0.3, -0.25) is 4.79 Å². The Kier molecular flexibility index (Phi) is 6.25. The van der Waals surface area contributed by atoms with Gasteiger partial charge in [0.2, 0.25) is 0 Å². The smallest absolute Gasteiger partial charge is 0.307 e. The zero-order valence-electron chi connectivity index (χ0n) is 11.6. The van der Waals surface area contributed by atoms with Crippen LogP contribution in [-0.4, -0.2) is 32.1 Å². The molecule has 108 valence electrons. The minimum Gasteiger partial charge on any atom is -0.481 e. The molecule has 0 aliphatic rings. The molecular weight excluding hydrogens is 256 g/mol. The van der Waals surface area contributed by atoms with Gasteiger partial charge in [-0.15, -0.1) is 0 Å². The molecule has 1 atom stereocenters. The third kappa shape index (κ3) is 8.43. The van der Waals surface area contributed by atoms with Gasteiger partial charge in [0.1, 0.15) is 0 Å². The van der Waals surface area contributed by atoms with E-state index in [4.69, 9.17) is 5.11 Å². The van der Waals surface area contributed by atoms with E-state index < -0.39 is 22.1 Å². The molecule has 0 aliphatic heterocycles. The van der Waals surface area contributed by atoms with Crippen LogP contribution >= 0.6 is 0 Å². The van der Waals surface area contributed by atoms with Crippen molar-refractivity contribution in [2.24, 2.45) is 11.3 Å². The molecule has 0 bridgehead atoms. The molecule has 0 saturated heterocycles. The first-order valence-electron chi connectivity index (χ1n) is 5.92. The zero-order valence-corrected chi connectivity index (χ0v) is 12.5. The van der Waals surface area contributed by atoms with Crippen molar-refractivity contribution in [2.45, 2.75) is 47.1 Å². The summed E-state index contributed by atoms with van der Waals surface area (Å²) in [5.74, 6) is -1.72. The summed E-state index contributed by atoms with van der Waals surface area (Å²) in [5, 5.41) is 9.06. The minimum absolute atomic E-state index is 0.103. The largest absolute Gasteiger partial charge is 0.481 e. The van der Waals surface area contributed by atoms with Gasteiger partial charge in [-0.1, -0.05) is 20.8 Å². The molecule has 3 N–H and O–H groups in total. The highest BCUT2D eigenvalue weighted by Crippen LogP contribution is 2.24. The molecule has 6 nitrogen and oxygen atoms in total. The van der Waals surface area contributed by atoms with E-state index >= 15 is 0 Å². The first-order chi connectivity index (χ1) is 7.93. The molecule has 0 amide bonds. The Hall–Kier alpha value is -0.660. The van der Waals surface area contributed by atoms with E-state index in [1.807, 2.05) is 20.8 Å². The molecule has 7 heteroatoms. The fourth-order valence-electron chi connectivity index (χ4n) is 1.55. The third-order valence-electron chi connectivity index (χ3n) is 2.12. The quantitative estimate of drug-likeness (QED) is 0.647. The molecule has 0 aromatic rings. The van der Waals surface area contributed by atoms with Crippen LogP contribution in [0.25, 0.3) is 0 Å². The molecule has 0 aromatic carbocycles. The number of carbonyl (C=O) groups is 1. The van der Waals surface area contributed by atoms with Gasteiger partial charge < -0.3 is 5.11 Å². The van der Waals surface area contributed by atoms with Crippen LogP contribution < -0.4 is 9.44 Å². The number of carboxylic acids is 1. The van der Waals surface area contributed by atoms with E-state index in [9.17, 15) is 13.2 Å². The van der Waals surface area contributed by atoms with Gasteiger partial charge in [-0.2, -0.15) is 13.1 Å². The first kappa shape index (κ1) is 17.3. The van der Waals surface area contributed by atoms with E-state index in [0.29, 0.717) is 6.42 Å². The van der Waals surface area contributed by atoms with Gasteiger partial charge in [-0.25, -0.2) is 4.72 Å². The fraction of sp³-hybridized carbons (Fsp3) is 0.909. The van der Waals surface area contributed by atoms with Crippen LogP contribution in [-0.2, 0) is 15.0 Å². The van der Waals surface area contributed by atoms with Gasteiger partial charge in [0, 0.05) is 12.6 Å². The lowest BCUT2D eigenvalue weighted by Gasteiger charge is -2.23. The predicted octanol–water partition coefficient (Wildman–Crippen LogP) is 0.956. The van der Waals surface area contributed by atoms with E-state index in [2.05, 4.69) is 9.44 Å². The van der Waals surface area contributed by atoms with Crippen LogP contribution in [0.2, 0.25) is 0 Å². The van der Waals surface area contributed by atoms with Crippen molar-refractivity contribution in [3.05, 3.63) is 0 Å². The topological polar surface area (TPSA) is 95.5 Å². The predicted molar refractivity (Wildman–Crippen MR) is 70.4 cm³/mol. The Morgan fingerprint density at radius 3 is 2.11 bits per heavy atom. The highest BCUT2D eigenvalue weighted by molar-refractivity contribution is 7.87. The Morgan fingerprint density at radius 1 is 1.28 bits per heavy atom. The molecule has 18 heavy (non-hydrogen) atoms. The van der Waals surface area contributed by atoms with E-state index in [1.54, 1.807) is 13.8 Å². The van der Waals surface area contributed by atoms with Crippen molar-refractivity contribution < 1.29 is 18.3 Å². The number of rotatable bonds is 7. The van der Waals surface area contributed by atoms with Gasteiger partial charge in [0.25, 0.3) is 10.2 Å². The maximum atomic E-state index is 11.5. The first-order valence-corrected chi connectivity index (χ1v) is 7.41. The van der Waals surface area contributed by atoms with E-state index in [0.717, 1.165) is 0 Å². The van der Waals surface area contributed by atoms with Crippen molar-refractivity contribution in [3.63, 3.8) is 0 Å². The van der Waals surface area contributed by atoms with E-state index in [-0.39, 0.29) is 18.0 Å². The molecule has 0 radical (unpaired) electrons. The van der Waals surface area contributed by atoms with E-state index in [1.165, 1.54) is 0 Å². The molecule has 0 heterocycles. The third-order valence-corrected chi connectivity index (χ3v) is 3.45. The summed E-state index contributed by atoms with van der Waals surface area (Å²) >= 11 is 0. The maximum absolute atomic E-state index is 11.5. The minimum atomic E-state index is -3.63. The van der Waals surface area contributed by atoms with Gasteiger partial charge in [-0.05, 0) is 25.7 Å². The molecule has 0 aromatic heterocycles. The number of carboxylic acid groups (broad SMARTS) is 1. The second-order valence-electron chi connectivity index (χ2n) is 5.92. The van der Waals surface area contributed by atoms with Gasteiger partial charge >= 0.3 is 5.97 Å². The van der Waals surface area contributed by atoms with Crippen LogP contribution in [0.3, 0.4) is 0 Å². The molecule has 0 fully saturated rings. The average Bonchev–Trinajstić information content (AvgIpc) is 2.07. The summed E-state index contributed by atoms with van der Waals surface area (Å²) in [5.41, 5.74) is -0.167. The molecule has 0 spiro atoms. The summed E-state index contributed by atoms with van der Waals surface area (Å²) in [6.07, 6.45) is 0.409. The van der Waals surface area contributed by atoms with Crippen molar-refractivity contribution in [3.8, 4) is 0 Å². The summed E-state index contributed by atoms with van der Waals surface area (Å²) in [7, 11) is -3.63. The van der Waals surface area contributed by atoms with Crippen molar-refractivity contribution in [1.82, 2.24) is 9.44 Å². The summed E-state index contributed by atoms with van der Waals surface area (Å²) in [6, 6.07) is -0.228. The number of nitrogens with one attached hydrogen (secondary N) is 2. The Bertz CT molecular complexity index is 371. The van der Waals surface area contributed by atoms with Crippen molar-refractivity contribution in [1.29, 1.82) is 0 Å². The Morgan fingerprint density at radius 2 is 1.78 bits per heavy atom. The van der Waals surface area contributed by atoms with Crippen molar-refractivity contribution >= 4 is 16.2 Å². The Labute approximate surface area is 109 Å². The molecule has 1 unspecified atom stereocenters. The lowest BCUT2D eigenvalue weighted by molar-refractivity contribution is -0.142. The van der Waals surface area contributed by atoms with Crippen molar-refractivity contribution in [2.75, 3.05) is 6.54 Å². The molecule has 0 aliphatic carbocycles. The standard InChI is InChI=1S/C11H24N2O4S/c1-8(2)13-18(16,17)12-7-9(10(14)15)6-11(3,4)5/h8-9,12-13H,6-7H2,1-5H3,(H,14,15). The van der Waals surface area contributed by atoms with Crippen LogP contribution in [0.15, 0.2) is 0 Å². The van der Waals surface area contributed by atoms with Gasteiger partial charge in [0.05, 0.1) is 5.92 Å². The summed E-state index contributed by atoms with van der Waals surface area (Å²) < 4.78 is 27.7. The number of hydrogen-bond acceptors (Lipinski definition) is 3. The Balaban J connectivity index is 4.50. The SMILES string of the molecule is CC(C)NS(=O)(=O)NCC(CC(C)(C)C)C(=O)O. The number of hydrogen-bond donors (Lipinski definition) is 3. The second-order valence-corrected chi connectivity index (χ2v) is 7.46.